The van der Waals surface area contributed by atoms with Crippen molar-refractivity contribution >= 4 is 38.4 Å². The first kappa shape index (κ1) is 18.5. The summed E-state index contributed by atoms with van der Waals surface area (Å²) in [5.41, 5.74) is 9.86. The Bertz CT molecular complexity index is 1590. The third kappa shape index (κ3) is 2.90. The fourth-order valence-electron chi connectivity index (χ4n) is 3.79. The predicted octanol–water partition coefficient (Wildman–Crippen LogP) is 4.94. The fourth-order valence-corrected chi connectivity index (χ4v) is 4.56. The van der Waals surface area contributed by atoms with Gasteiger partial charge in [0.25, 0.3) is 0 Å². The molecule has 9 heteroatoms. The summed E-state index contributed by atoms with van der Waals surface area (Å²) < 4.78 is 13.9. The van der Waals surface area contributed by atoms with E-state index < -0.39 is 0 Å². The van der Waals surface area contributed by atoms with Crippen LogP contribution in [-0.4, -0.2) is 32.1 Å². The molecular formula is C23H16N6O2S. The highest BCUT2D eigenvalue weighted by molar-refractivity contribution is 7.17. The quantitative estimate of drug-likeness (QED) is 0.414. The minimum Gasteiger partial charge on any atom is -0.497 e. The van der Waals surface area contributed by atoms with E-state index in [-0.39, 0.29) is 5.95 Å². The van der Waals surface area contributed by atoms with Crippen molar-refractivity contribution < 1.29 is 9.15 Å². The number of thiophene rings is 1. The number of ether oxygens (including phenoxy) is 1. The van der Waals surface area contributed by atoms with E-state index in [1.54, 1.807) is 29.4 Å². The summed E-state index contributed by atoms with van der Waals surface area (Å²) in [5.74, 6) is 1.92. The number of rotatable bonds is 4. The lowest BCUT2D eigenvalue weighted by atomic mass is 10.0. The maximum Gasteiger partial charge on any atom is 0.222 e. The van der Waals surface area contributed by atoms with Crippen molar-refractivity contribution in [1.29, 1.82) is 0 Å². The van der Waals surface area contributed by atoms with Crippen molar-refractivity contribution in [2.24, 2.45) is 0 Å². The van der Waals surface area contributed by atoms with Crippen LogP contribution in [0.5, 0.6) is 5.75 Å². The van der Waals surface area contributed by atoms with Crippen LogP contribution >= 0.6 is 11.3 Å². The van der Waals surface area contributed by atoms with E-state index >= 15 is 0 Å². The normalized spacial score (nSPS) is 11.4. The fraction of sp³-hybridized carbons (Fsp3) is 0.0435. The van der Waals surface area contributed by atoms with E-state index in [9.17, 15) is 0 Å². The summed E-state index contributed by atoms with van der Waals surface area (Å²) in [6, 6.07) is 17.6. The third-order valence-electron chi connectivity index (χ3n) is 5.26. The summed E-state index contributed by atoms with van der Waals surface area (Å²) in [6.45, 7) is 0. The highest BCUT2D eigenvalue weighted by Gasteiger charge is 2.22. The number of anilines is 1. The van der Waals surface area contributed by atoms with Gasteiger partial charge < -0.3 is 14.9 Å². The Labute approximate surface area is 185 Å². The second-order valence-corrected chi connectivity index (χ2v) is 8.08. The standard InChI is InChI=1S/C23H16N6O2S/c1-30-15-5-6-17-16(12-15)27-28-29(17)22-20(14-4-7-19-13(11-14)8-10-32-19)21(25-23(24)26-22)18-3-2-9-31-18/h2-12H,1H3,(H2,24,25,26). The zero-order valence-electron chi connectivity index (χ0n) is 16.9. The Morgan fingerprint density at radius 1 is 1.06 bits per heavy atom. The highest BCUT2D eigenvalue weighted by Crippen LogP contribution is 2.38. The van der Waals surface area contributed by atoms with Gasteiger partial charge in [0.15, 0.2) is 11.6 Å². The molecule has 0 fully saturated rings. The molecule has 0 saturated heterocycles. The van der Waals surface area contributed by atoms with E-state index in [0.29, 0.717) is 28.5 Å². The number of nitrogens with zero attached hydrogens (tertiary/aromatic N) is 5. The number of fused-ring (bicyclic) bond motifs is 2. The molecule has 4 aromatic heterocycles. The van der Waals surface area contributed by atoms with Crippen LogP contribution in [0.1, 0.15) is 0 Å². The zero-order chi connectivity index (χ0) is 21.7. The van der Waals surface area contributed by atoms with Gasteiger partial charge in [-0.25, -0.2) is 4.98 Å². The number of aromatic nitrogens is 5. The average molecular weight is 440 g/mol. The SMILES string of the molecule is COc1ccc2c(c1)nnn2-c1nc(N)nc(-c2ccco2)c1-c1ccc2sccc2c1. The molecule has 0 spiro atoms. The summed E-state index contributed by atoms with van der Waals surface area (Å²) in [5, 5.41) is 11.9. The molecule has 4 heterocycles. The van der Waals surface area contributed by atoms with Gasteiger partial charge in [-0.15, -0.1) is 16.4 Å². The largest absolute Gasteiger partial charge is 0.497 e. The first-order chi connectivity index (χ1) is 15.7. The van der Waals surface area contributed by atoms with Crippen molar-refractivity contribution in [1.82, 2.24) is 25.0 Å². The van der Waals surface area contributed by atoms with Crippen molar-refractivity contribution in [3.63, 3.8) is 0 Å². The molecule has 6 rings (SSSR count). The van der Waals surface area contributed by atoms with Crippen molar-refractivity contribution in [2.45, 2.75) is 0 Å². The van der Waals surface area contributed by atoms with Gasteiger partial charge in [0.1, 0.15) is 17.0 Å². The van der Waals surface area contributed by atoms with E-state index in [1.807, 2.05) is 36.4 Å². The Morgan fingerprint density at radius 2 is 2.00 bits per heavy atom. The number of furan rings is 1. The van der Waals surface area contributed by atoms with E-state index in [0.717, 1.165) is 22.0 Å². The van der Waals surface area contributed by atoms with E-state index in [4.69, 9.17) is 14.9 Å². The molecule has 0 amide bonds. The summed E-state index contributed by atoms with van der Waals surface area (Å²) in [4.78, 5) is 9.11. The van der Waals surface area contributed by atoms with Gasteiger partial charge in [0.2, 0.25) is 5.95 Å². The molecule has 0 unspecified atom stereocenters. The van der Waals surface area contributed by atoms with Crippen LogP contribution in [0.15, 0.2) is 70.7 Å². The Balaban J connectivity index is 1.68. The minimum absolute atomic E-state index is 0.115. The van der Waals surface area contributed by atoms with Crippen LogP contribution in [0.2, 0.25) is 0 Å². The van der Waals surface area contributed by atoms with E-state index in [1.165, 1.54) is 4.70 Å². The average Bonchev–Trinajstić information content (AvgIpc) is 3.58. The number of benzene rings is 2. The van der Waals surface area contributed by atoms with Gasteiger partial charge in [-0.1, -0.05) is 11.3 Å². The summed E-state index contributed by atoms with van der Waals surface area (Å²) in [7, 11) is 1.62. The van der Waals surface area contributed by atoms with Crippen LogP contribution in [0.4, 0.5) is 5.95 Å². The molecule has 32 heavy (non-hydrogen) atoms. The molecule has 0 aliphatic carbocycles. The van der Waals surface area contributed by atoms with Gasteiger partial charge >= 0.3 is 0 Å². The minimum atomic E-state index is 0.115. The summed E-state index contributed by atoms with van der Waals surface area (Å²) >= 11 is 1.69. The van der Waals surface area contributed by atoms with Crippen LogP contribution in [0, 0.1) is 0 Å². The monoisotopic (exact) mass is 440 g/mol. The van der Waals surface area contributed by atoms with Gasteiger partial charge in [-0.05, 0) is 58.8 Å². The molecule has 0 bridgehead atoms. The summed E-state index contributed by atoms with van der Waals surface area (Å²) in [6.07, 6.45) is 1.61. The molecule has 8 nitrogen and oxygen atoms in total. The lowest BCUT2D eigenvalue weighted by Crippen LogP contribution is -2.08. The Hall–Kier alpha value is -4.24. The molecule has 2 aromatic carbocycles. The zero-order valence-corrected chi connectivity index (χ0v) is 17.7. The first-order valence-corrected chi connectivity index (χ1v) is 10.7. The van der Waals surface area contributed by atoms with Crippen molar-refractivity contribution in [2.75, 3.05) is 12.8 Å². The molecule has 156 valence electrons. The number of nitrogens with two attached hydrogens (primary N) is 1. The lowest BCUT2D eigenvalue weighted by molar-refractivity contribution is 0.415. The van der Waals surface area contributed by atoms with Crippen molar-refractivity contribution in [3.8, 4) is 34.1 Å². The van der Waals surface area contributed by atoms with Crippen LogP contribution in [0.25, 0.3) is 49.5 Å². The third-order valence-corrected chi connectivity index (χ3v) is 6.15. The van der Waals surface area contributed by atoms with Crippen molar-refractivity contribution in [3.05, 3.63) is 66.2 Å². The molecule has 0 atom stereocenters. The molecule has 0 saturated carbocycles. The van der Waals surface area contributed by atoms with Gasteiger partial charge in [0.05, 0.1) is 24.5 Å². The maximum atomic E-state index is 6.14. The van der Waals surface area contributed by atoms with Gasteiger partial charge in [-0.2, -0.15) is 9.67 Å². The Kier molecular flexibility index (Phi) is 4.15. The second kappa shape index (κ2) is 7.17. The molecule has 0 radical (unpaired) electrons. The molecular weight excluding hydrogens is 424 g/mol. The number of methoxy groups -OCH3 is 1. The predicted molar refractivity (Wildman–Crippen MR) is 124 cm³/mol. The molecule has 6 aromatic rings. The second-order valence-electron chi connectivity index (χ2n) is 7.14. The maximum absolute atomic E-state index is 6.14. The first-order valence-electron chi connectivity index (χ1n) is 9.80. The number of hydrogen-bond acceptors (Lipinski definition) is 8. The topological polar surface area (TPSA) is 105 Å². The smallest absolute Gasteiger partial charge is 0.222 e. The van der Waals surface area contributed by atoms with E-state index in [2.05, 4.69) is 43.9 Å². The molecule has 2 N–H and O–H groups in total. The molecule has 0 aliphatic heterocycles. The van der Waals surface area contributed by atoms with Crippen LogP contribution in [0.3, 0.4) is 0 Å². The molecule has 0 aliphatic rings. The van der Waals surface area contributed by atoms with Gasteiger partial charge in [-0.3, -0.25) is 0 Å². The van der Waals surface area contributed by atoms with Crippen LogP contribution < -0.4 is 10.5 Å². The Morgan fingerprint density at radius 3 is 2.84 bits per heavy atom. The number of hydrogen-bond donors (Lipinski definition) is 1. The highest BCUT2D eigenvalue weighted by atomic mass is 32.1. The van der Waals surface area contributed by atoms with Gasteiger partial charge in [0, 0.05) is 10.8 Å². The lowest BCUT2D eigenvalue weighted by Gasteiger charge is -2.14. The number of nitrogen functional groups attached to an aromatic ring is 1. The van der Waals surface area contributed by atoms with Crippen LogP contribution in [-0.2, 0) is 0 Å².